The van der Waals surface area contributed by atoms with Gasteiger partial charge in [-0.05, 0) is 50.1 Å². The number of nitrogens with one attached hydrogen (secondary N) is 2. The Hall–Kier alpha value is -4.01. The Morgan fingerprint density at radius 3 is 2.60 bits per heavy atom. The fraction of sp³-hybridized carbons (Fsp3) is 0.308. The van der Waals surface area contributed by atoms with Gasteiger partial charge in [0, 0.05) is 30.6 Å². The van der Waals surface area contributed by atoms with Crippen molar-refractivity contribution in [3.63, 3.8) is 0 Å². The van der Waals surface area contributed by atoms with Crippen molar-refractivity contribution in [3.8, 4) is 5.88 Å². The number of amides is 1. The molecule has 2 aliphatic rings. The number of pyridine rings is 1. The number of benzene rings is 1. The number of carbonyl (C=O) groups is 1. The number of thiazole rings is 1. The van der Waals surface area contributed by atoms with Gasteiger partial charge in [0.25, 0.3) is 5.91 Å². The van der Waals surface area contributed by atoms with Crippen LogP contribution in [0.2, 0.25) is 0 Å². The first kappa shape index (κ1) is 26.2. The molecule has 1 aliphatic heterocycles. The topological polar surface area (TPSA) is 158 Å². The first-order valence-electron chi connectivity index (χ1n) is 12.7. The molecule has 1 aliphatic carbocycles. The molecule has 2 fully saturated rings. The van der Waals surface area contributed by atoms with E-state index in [1.807, 2.05) is 0 Å². The van der Waals surface area contributed by atoms with Crippen molar-refractivity contribution in [2.24, 2.45) is 5.16 Å². The van der Waals surface area contributed by atoms with Gasteiger partial charge in [-0.3, -0.25) is 10.1 Å². The van der Waals surface area contributed by atoms with Gasteiger partial charge in [-0.15, -0.1) is 0 Å². The van der Waals surface area contributed by atoms with E-state index in [1.54, 1.807) is 30.6 Å². The maximum atomic E-state index is 13.4. The largest absolute Gasteiger partial charge is 0.473 e. The molecule has 0 bridgehead atoms. The molecule has 3 aromatic heterocycles. The van der Waals surface area contributed by atoms with E-state index in [1.165, 1.54) is 35.6 Å². The Bertz CT molecular complexity index is 1650. The second-order valence-electron chi connectivity index (χ2n) is 9.33. The minimum Gasteiger partial charge on any atom is -0.473 e. The monoisotopic (exact) mass is 579 g/mol. The molecule has 4 aromatic rings. The molecule has 1 aromatic carbocycles. The van der Waals surface area contributed by atoms with Gasteiger partial charge in [-0.2, -0.15) is 0 Å². The van der Waals surface area contributed by atoms with E-state index in [9.17, 15) is 13.2 Å². The molecule has 40 heavy (non-hydrogen) atoms. The SMILES string of the molecule is O=C(Nc1nc2ccc(O[C@@H]3CCNC3)nc2s1)/C(=N/OCc1ncccn1)c1ccc(S(=O)(=O)C2CC2)cc1. The minimum atomic E-state index is -3.37. The number of aromatic nitrogens is 4. The third-order valence-corrected chi connectivity index (χ3v) is 9.52. The molecule has 1 amide bonds. The van der Waals surface area contributed by atoms with Crippen molar-refractivity contribution in [2.45, 2.75) is 42.1 Å². The van der Waals surface area contributed by atoms with Crippen LogP contribution < -0.4 is 15.4 Å². The van der Waals surface area contributed by atoms with Crippen molar-refractivity contribution in [1.29, 1.82) is 0 Å². The number of hydrogen-bond acceptors (Lipinski definition) is 12. The van der Waals surface area contributed by atoms with Crippen LogP contribution in [0.25, 0.3) is 10.3 Å². The highest BCUT2D eigenvalue weighted by Crippen LogP contribution is 2.33. The highest BCUT2D eigenvalue weighted by atomic mass is 32.2. The molecule has 1 atom stereocenters. The predicted molar refractivity (Wildman–Crippen MR) is 148 cm³/mol. The average Bonchev–Trinajstić information content (AvgIpc) is 3.58. The third-order valence-electron chi connectivity index (χ3n) is 6.36. The lowest BCUT2D eigenvalue weighted by Crippen LogP contribution is -2.24. The smallest absolute Gasteiger partial charge is 0.280 e. The Labute approximate surface area is 233 Å². The van der Waals surface area contributed by atoms with Gasteiger partial charge in [0.05, 0.1) is 10.1 Å². The van der Waals surface area contributed by atoms with Crippen LogP contribution >= 0.6 is 11.3 Å². The highest BCUT2D eigenvalue weighted by molar-refractivity contribution is 7.92. The number of fused-ring (bicyclic) bond motifs is 1. The van der Waals surface area contributed by atoms with Crippen LogP contribution in [0.15, 0.2) is 64.9 Å². The molecular weight excluding hydrogens is 554 g/mol. The fourth-order valence-corrected chi connectivity index (χ4v) is 6.61. The van der Waals surface area contributed by atoms with Crippen LogP contribution in [0.1, 0.15) is 30.7 Å². The molecule has 4 heterocycles. The van der Waals surface area contributed by atoms with Gasteiger partial charge in [0.15, 0.2) is 33.1 Å². The number of carbonyl (C=O) groups excluding carboxylic acids is 1. The Morgan fingerprint density at radius 1 is 1.07 bits per heavy atom. The van der Waals surface area contributed by atoms with Gasteiger partial charge < -0.3 is 14.9 Å². The third kappa shape index (κ3) is 5.93. The average molecular weight is 580 g/mol. The summed E-state index contributed by atoms with van der Waals surface area (Å²) < 4.78 is 31.2. The van der Waals surface area contributed by atoms with Gasteiger partial charge in [-0.1, -0.05) is 28.6 Å². The molecule has 6 rings (SSSR count). The molecule has 1 saturated carbocycles. The van der Waals surface area contributed by atoms with Crippen LogP contribution in [-0.4, -0.2) is 64.4 Å². The van der Waals surface area contributed by atoms with Crippen molar-refractivity contribution >= 4 is 48.3 Å². The number of ether oxygens (including phenoxy) is 1. The van der Waals surface area contributed by atoms with E-state index < -0.39 is 15.7 Å². The molecule has 1 saturated heterocycles. The van der Waals surface area contributed by atoms with E-state index in [-0.39, 0.29) is 28.6 Å². The minimum absolute atomic E-state index is 0.0590. The second kappa shape index (κ2) is 11.2. The summed E-state index contributed by atoms with van der Waals surface area (Å²) in [4.78, 5) is 36.8. The fourth-order valence-electron chi connectivity index (χ4n) is 4.13. The maximum absolute atomic E-state index is 13.4. The lowest BCUT2D eigenvalue weighted by Gasteiger charge is -2.10. The number of oxime groups is 1. The molecule has 206 valence electrons. The first-order chi connectivity index (χ1) is 19.5. The lowest BCUT2D eigenvalue weighted by atomic mass is 10.1. The Balaban J connectivity index is 1.22. The zero-order chi connectivity index (χ0) is 27.5. The second-order valence-corrected chi connectivity index (χ2v) is 12.5. The molecule has 0 radical (unpaired) electrons. The van der Waals surface area contributed by atoms with E-state index in [0.717, 1.165) is 19.5 Å². The zero-order valence-electron chi connectivity index (χ0n) is 21.2. The highest BCUT2D eigenvalue weighted by Gasteiger charge is 2.36. The van der Waals surface area contributed by atoms with Crippen LogP contribution in [0, 0.1) is 0 Å². The normalized spacial score (nSPS) is 17.6. The zero-order valence-corrected chi connectivity index (χ0v) is 22.8. The predicted octanol–water partition coefficient (Wildman–Crippen LogP) is 2.72. The van der Waals surface area contributed by atoms with E-state index in [0.29, 0.717) is 45.6 Å². The van der Waals surface area contributed by atoms with Crippen LogP contribution in [0.5, 0.6) is 5.88 Å². The van der Waals surface area contributed by atoms with E-state index in [2.05, 4.69) is 35.7 Å². The van der Waals surface area contributed by atoms with Crippen molar-refractivity contribution in [1.82, 2.24) is 25.3 Å². The summed E-state index contributed by atoms with van der Waals surface area (Å²) in [6.07, 6.45) is 5.46. The standard InChI is InChI=1S/C26H25N7O5S2/c34-24(32-26-30-20-8-9-22(31-25(20)39-26)38-17-10-13-27-14-17)23(33-37-15-21-28-11-1-12-29-21)16-2-4-18(5-3-16)40(35,36)19-6-7-19/h1-5,8-9,11-12,17,19,27H,6-7,10,13-15H2,(H,30,32,34)/b33-23+/t17-/m1/s1. The summed E-state index contributed by atoms with van der Waals surface area (Å²) in [5, 5.41) is 10.1. The van der Waals surface area contributed by atoms with Gasteiger partial charge >= 0.3 is 0 Å². The van der Waals surface area contributed by atoms with E-state index in [4.69, 9.17) is 9.57 Å². The maximum Gasteiger partial charge on any atom is 0.280 e. The number of nitrogens with zero attached hydrogens (tertiary/aromatic N) is 5. The van der Waals surface area contributed by atoms with E-state index >= 15 is 0 Å². The van der Waals surface area contributed by atoms with Crippen molar-refractivity contribution in [2.75, 3.05) is 18.4 Å². The molecular formula is C26H25N7O5S2. The Kier molecular flexibility index (Phi) is 7.36. The quantitative estimate of drug-likeness (QED) is 0.211. The van der Waals surface area contributed by atoms with Gasteiger partial charge in [0.2, 0.25) is 5.88 Å². The Morgan fingerprint density at radius 2 is 1.88 bits per heavy atom. The number of anilines is 1. The van der Waals surface area contributed by atoms with Crippen molar-refractivity contribution < 1.29 is 22.8 Å². The summed E-state index contributed by atoms with van der Waals surface area (Å²) in [5.74, 6) is 0.308. The van der Waals surface area contributed by atoms with Gasteiger partial charge in [-0.25, -0.2) is 28.4 Å². The summed E-state index contributed by atoms with van der Waals surface area (Å²) in [6.45, 7) is 1.63. The lowest BCUT2D eigenvalue weighted by molar-refractivity contribution is -0.110. The van der Waals surface area contributed by atoms with Crippen LogP contribution in [0.3, 0.4) is 0 Å². The summed E-state index contributed by atoms with van der Waals surface area (Å²) >= 11 is 1.20. The molecule has 0 unspecified atom stereocenters. The summed E-state index contributed by atoms with van der Waals surface area (Å²) in [6, 6.07) is 11.3. The van der Waals surface area contributed by atoms with Crippen molar-refractivity contribution in [3.05, 3.63) is 66.2 Å². The molecule has 0 spiro atoms. The molecule has 12 nitrogen and oxygen atoms in total. The number of sulfone groups is 1. The van der Waals surface area contributed by atoms with Crippen LogP contribution in [-0.2, 0) is 26.1 Å². The number of hydrogen-bond donors (Lipinski definition) is 2. The van der Waals surface area contributed by atoms with Crippen LogP contribution in [0.4, 0.5) is 5.13 Å². The van der Waals surface area contributed by atoms with Gasteiger partial charge in [0.1, 0.15) is 16.5 Å². The number of rotatable bonds is 10. The molecule has 2 N–H and O–H groups in total. The molecule has 14 heteroatoms. The summed E-state index contributed by atoms with van der Waals surface area (Å²) in [5.41, 5.74) is 0.931. The first-order valence-corrected chi connectivity index (χ1v) is 15.1. The summed E-state index contributed by atoms with van der Waals surface area (Å²) in [7, 11) is -3.37.